The van der Waals surface area contributed by atoms with Gasteiger partial charge in [-0.15, -0.1) is 0 Å². The number of benzene rings is 2. The average molecular weight is 432 g/mol. The SMILES string of the molecule is CCNC(=NCc1ccc(COCc2ccccc2)cc1)N1CCC(c2cnn(C)c2)C1. The lowest BCUT2D eigenvalue weighted by molar-refractivity contribution is 0.107. The highest BCUT2D eigenvalue weighted by Gasteiger charge is 2.26. The highest BCUT2D eigenvalue weighted by atomic mass is 16.5. The summed E-state index contributed by atoms with van der Waals surface area (Å²) in [6, 6.07) is 18.8. The van der Waals surface area contributed by atoms with E-state index >= 15 is 0 Å². The zero-order valence-corrected chi connectivity index (χ0v) is 19.1. The van der Waals surface area contributed by atoms with Gasteiger partial charge in [0.15, 0.2) is 5.96 Å². The van der Waals surface area contributed by atoms with Gasteiger partial charge in [-0.25, -0.2) is 4.99 Å². The van der Waals surface area contributed by atoms with Crippen LogP contribution >= 0.6 is 0 Å². The molecule has 2 aromatic carbocycles. The normalized spacial score (nSPS) is 16.5. The Morgan fingerprint density at radius 1 is 1.06 bits per heavy atom. The minimum atomic E-state index is 0.516. The Bertz CT molecular complexity index is 997. The van der Waals surface area contributed by atoms with E-state index in [1.54, 1.807) is 0 Å². The number of likely N-dealkylation sites (tertiary alicyclic amines) is 1. The summed E-state index contributed by atoms with van der Waals surface area (Å²) in [4.78, 5) is 7.28. The van der Waals surface area contributed by atoms with E-state index in [9.17, 15) is 0 Å². The van der Waals surface area contributed by atoms with E-state index in [2.05, 4.69) is 64.8 Å². The second-order valence-electron chi connectivity index (χ2n) is 8.34. The molecule has 32 heavy (non-hydrogen) atoms. The number of hydrogen-bond donors (Lipinski definition) is 1. The van der Waals surface area contributed by atoms with Gasteiger partial charge in [0.25, 0.3) is 0 Å². The van der Waals surface area contributed by atoms with Crippen molar-refractivity contribution in [1.29, 1.82) is 0 Å². The molecule has 1 aliphatic rings. The summed E-state index contributed by atoms with van der Waals surface area (Å²) in [5, 5.41) is 7.79. The van der Waals surface area contributed by atoms with Gasteiger partial charge in [-0.3, -0.25) is 4.68 Å². The number of ether oxygens (including phenoxy) is 1. The number of hydrogen-bond acceptors (Lipinski definition) is 3. The largest absolute Gasteiger partial charge is 0.372 e. The van der Waals surface area contributed by atoms with E-state index in [4.69, 9.17) is 9.73 Å². The van der Waals surface area contributed by atoms with E-state index < -0.39 is 0 Å². The maximum atomic E-state index is 5.84. The molecule has 3 aromatic rings. The Morgan fingerprint density at radius 2 is 1.78 bits per heavy atom. The van der Waals surface area contributed by atoms with Crippen LogP contribution in [0.1, 0.15) is 41.5 Å². The highest BCUT2D eigenvalue weighted by molar-refractivity contribution is 5.80. The molecule has 1 saturated heterocycles. The van der Waals surface area contributed by atoms with Gasteiger partial charge in [0.1, 0.15) is 0 Å². The van der Waals surface area contributed by atoms with Crippen LogP contribution in [0.15, 0.2) is 72.0 Å². The van der Waals surface area contributed by atoms with Crippen LogP contribution in [0.4, 0.5) is 0 Å². The lowest BCUT2D eigenvalue weighted by atomic mass is 10.0. The molecular weight excluding hydrogens is 398 g/mol. The highest BCUT2D eigenvalue weighted by Crippen LogP contribution is 2.26. The van der Waals surface area contributed by atoms with E-state index in [0.29, 0.717) is 25.7 Å². The molecule has 0 bridgehead atoms. The molecule has 0 saturated carbocycles. The predicted octanol–water partition coefficient (Wildman–Crippen LogP) is 4.09. The first kappa shape index (κ1) is 22.1. The molecule has 0 radical (unpaired) electrons. The fourth-order valence-corrected chi connectivity index (χ4v) is 4.07. The van der Waals surface area contributed by atoms with Crippen LogP contribution in [0.5, 0.6) is 0 Å². The summed E-state index contributed by atoms with van der Waals surface area (Å²) in [5.74, 6) is 1.51. The van der Waals surface area contributed by atoms with E-state index in [1.165, 1.54) is 22.3 Å². The fraction of sp³-hybridized carbons (Fsp3) is 0.385. The van der Waals surface area contributed by atoms with Crippen molar-refractivity contribution < 1.29 is 4.74 Å². The molecule has 1 N–H and O–H groups in total. The zero-order chi connectivity index (χ0) is 22.2. The number of aromatic nitrogens is 2. The first-order chi connectivity index (χ1) is 15.7. The third-order valence-corrected chi connectivity index (χ3v) is 5.83. The van der Waals surface area contributed by atoms with Crippen LogP contribution < -0.4 is 5.32 Å². The van der Waals surface area contributed by atoms with Crippen LogP contribution in [-0.2, 0) is 31.5 Å². The Labute approximate surface area is 190 Å². The standard InChI is InChI=1S/C26H33N5O/c1-3-27-26(31-14-13-24(18-31)25-16-29-30(2)17-25)28-15-21-9-11-23(12-10-21)20-32-19-22-7-5-4-6-8-22/h4-12,16-17,24H,3,13-15,18-20H2,1-2H3,(H,27,28). The second kappa shape index (κ2) is 11.0. The molecule has 0 aliphatic carbocycles. The summed E-state index contributed by atoms with van der Waals surface area (Å²) in [5.41, 5.74) is 4.90. The van der Waals surface area contributed by atoms with Gasteiger partial charge in [-0.05, 0) is 35.6 Å². The summed E-state index contributed by atoms with van der Waals surface area (Å²) >= 11 is 0. The van der Waals surface area contributed by atoms with Crippen molar-refractivity contribution in [2.75, 3.05) is 19.6 Å². The summed E-state index contributed by atoms with van der Waals surface area (Å²) < 4.78 is 7.72. The maximum absolute atomic E-state index is 5.84. The van der Waals surface area contributed by atoms with Crippen molar-refractivity contribution in [2.24, 2.45) is 12.0 Å². The zero-order valence-electron chi connectivity index (χ0n) is 19.1. The predicted molar refractivity (Wildman–Crippen MR) is 128 cm³/mol. The molecule has 1 aromatic heterocycles. The number of guanidine groups is 1. The third-order valence-electron chi connectivity index (χ3n) is 5.83. The van der Waals surface area contributed by atoms with Crippen LogP contribution in [0.25, 0.3) is 0 Å². The van der Waals surface area contributed by atoms with Crippen molar-refractivity contribution in [2.45, 2.75) is 39.0 Å². The number of rotatable bonds is 8. The number of aliphatic imine (C=N–C) groups is 1. The Morgan fingerprint density at radius 3 is 2.47 bits per heavy atom. The maximum Gasteiger partial charge on any atom is 0.194 e. The Balaban J connectivity index is 1.30. The molecule has 0 spiro atoms. The number of aryl methyl sites for hydroxylation is 1. The summed E-state index contributed by atoms with van der Waals surface area (Å²) in [6.07, 6.45) is 5.25. The molecule has 1 fully saturated rings. The summed E-state index contributed by atoms with van der Waals surface area (Å²) in [7, 11) is 1.97. The van der Waals surface area contributed by atoms with Gasteiger partial charge >= 0.3 is 0 Å². The fourth-order valence-electron chi connectivity index (χ4n) is 4.07. The quantitative estimate of drug-likeness (QED) is 0.431. The van der Waals surface area contributed by atoms with Gasteiger partial charge in [0.05, 0.1) is 26.0 Å². The molecule has 168 valence electrons. The van der Waals surface area contributed by atoms with Crippen LogP contribution in [0.3, 0.4) is 0 Å². The van der Waals surface area contributed by atoms with Crippen molar-refractivity contribution in [3.05, 3.63) is 89.2 Å². The molecule has 4 rings (SSSR count). The molecule has 1 atom stereocenters. The van der Waals surface area contributed by atoms with Gasteiger partial charge in [-0.1, -0.05) is 54.6 Å². The number of nitrogens with one attached hydrogen (secondary N) is 1. The third kappa shape index (κ3) is 5.98. The van der Waals surface area contributed by atoms with Gasteiger partial charge in [0, 0.05) is 38.8 Å². The topological polar surface area (TPSA) is 54.7 Å². The van der Waals surface area contributed by atoms with Crippen molar-refractivity contribution in [1.82, 2.24) is 20.0 Å². The first-order valence-corrected chi connectivity index (χ1v) is 11.4. The lowest BCUT2D eigenvalue weighted by Crippen LogP contribution is -2.40. The Hall–Kier alpha value is -3.12. The van der Waals surface area contributed by atoms with Gasteiger partial charge < -0.3 is 15.0 Å². The van der Waals surface area contributed by atoms with Crippen LogP contribution in [0.2, 0.25) is 0 Å². The molecule has 1 aliphatic heterocycles. The summed E-state index contributed by atoms with van der Waals surface area (Å²) in [6.45, 7) is 6.90. The molecular formula is C26H33N5O. The van der Waals surface area contributed by atoms with Crippen LogP contribution in [0, 0.1) is 0 Å². The Kier molecular flexibility index (Phi) is 7.56. The van der Waals surface area contributed by atoms with E-state index in [0.717, 1.165) is 32.0 Å². The second-order valence-corrected chi connectivity index (χ2v) is 8.34. The smallest absolute Gasteiger partial charge is 0.194 e. The molecule has 2 heterocycles. The monoisotopic (exact) mass is 431 g/mol. The van der Waals surface area contributed by atoms with Crippen molar-refractivity contribution in [3.8, 4) is 0 Å². The molecule has 1 unspecified atom stereocenters. The minimum Gasteiger partial charge on any atom is -0.372 e. The van der Waals surface area contributed by atoms with Gasteiger partial charge in [0.2, 0.25) is 0 Å². The van der Waals surface area contributed by atoms with Gasteiger partial charge in [-0.2, -0.15) is 5.10 Å². The number of nitrogens with zero attached hydrogens (tertiary/aromatic N) is 4. The van der Waals surface area contributed by atoms with E-state index in [-0.39, 0.29) is 0 Å². The first-order valence-electron chi connectivity index (χ1n) is 11.4. The lowest BCUT2D eigenvalue weighted by Gasteiger charge is -2.21. The molecule has 0 amide bonds. The molecule has 6 heteroatoms. The van der Waals surface area contributed by atoms with E-state index in [1.807, 2.05) is 36.1 Å². The molecule has 6 nitrogen and oxygen atoms in total. The van der Waals surface area contributed by atoms with Crippen molar-refractivity contribution in [3.63, 3.8) is 0 Å². The van der Waals surface area contributed by atoms with Crippen LogP contribution in [-0.4, -0.2) is 40.3 Å². The van der Waals surface area contributed by atoms with Crippen molar-refractivity contribution >= 4 is 5.96 Å². The average Bonchev–Trinajstić information content (AvgIpc) is 3.47. The minimum absolute atomic E-state index is 0.516.